The quantitative estimate of drug-likeness (QED) is 0.772. The summed E-state index contributed by atoms with van der Waals surface area (Å²) in [5.74, 6) is 0. The standard InChI is InChI=1S/C8H10ClNS.ClH/c9-6-3-5-11-8(6)7-2-1-4-10-7;/h3,5,7,10H,1-2,4H2;1H/t7-;/m1./s1. The lowest BCUT2D eigenvalue weighted by atomic mass is 10.2. The van der Waals surface area contributed by atoms with Gasteiger partial charge in [-0.25, -0.2) is 0 Å². The van der Waals surface area contributed by atoms with E-state index in [0.29, 0.717) is 6.04 Å². The van der Waals surface area contributed by atoms with Crippen LogP contribution in [0.4, 0.5) is 0 Å². The number of rotatable bonds is 1. The summed E-state index contributed by atoms with van der Waals surface area (Å²) < 4.78 is 0. The van der Waals surface area contributed by atoms with E-state index in [1.807, 2.05) is 6.07 Å². The molecule has 4 heteroatoms. The Kier molecular flexibility index (Phi) is 3.84. The molecule has 0 bridgehead atoms. The minimum absolute atomic E-state index is 0. The molecule has 1 aromatic rings. The second-order valence-corrected chi connectivity index (χ2v) is 4.14. The van der Waals surface area contributed by atoms with E-state index in [2.05, 4.69) is 10.7 Å². The maximum absolute atomic E-state index is 5.99. The maximum Gasteiger partial charge on any atom is 0.0561 e. The second kappa shape index (κ2) is 4.47. The molecule has 12 heavy (non-hydrogen) atoms. The first-order valence-electron chi connectivity index (χ1n) is 3.84. The fourth-order valence-electron chi connectivity index (χ4n) is 1.46. The van der Waals surface area contributed by atoms with E-state index in [4.69, 9.17) is 11.6 Å². The van der Waals surface area contributed by atoms with Crippen molar-refractivity contribution in [2.45, 2.75) is 18.9 Å². The van der Waals surface area contributed by atoms with Crippen LogP contribution in [0.3, 0.4) is 0 Å². The van der Waals surface area contributed by atoms with E-state index in [0.717, 1.165) is 11.6 Å². The number of halogens is 2. The lowest BCUT2D eigenvalue weighted by molar-refractivity contribution is 0.660. The van der Waals surface area contributed by atoms with Crippen LogP contribution in [0.2, 0.25) is 5.02 Å². The summed E-state index contributed by atoms with van der Waals surface area (Å²) in [5.41, 5.74) is 0. The molecule has 0 radical (unpaired) electrons. The monoisotopic (exact) mass is 223 g/mol. The van der Waals surface area contributed by atoms with Crippen LogP contribution in [0, 0.1) is 0 Å². The van der Waals surface area contributed by atoms with Crippen molar-refractivity contribution in [3.05, 3.63) is 21.3 Å². The van der Waals surface area contributed by atoms with Gasteiger partial charge >= 0.3 is 0 Å². The lowest BCUT2D eigenvalue weighted by Crippen LogP contribution is -2.11. The summed E-state index contributed by atoms with van der Waals surface area (Å²) in [5, 5.41) is 6.40. The Morgan fingerprint density at radius 1 is 1.58 bits per heavy atom. The van der Waals surface area contributed by atoms with E-state index in [9.17, 15) is 0 Å². The van der Waals surface area contributed by atoms with Crippen LogP contribution < -0.4 is 5.32 Å². The van der Waals surface area contributed by atoms with Gasteiger partial charge in [0.15, 0.2) is 0 Å². The molecule has 1 aromatic heterocycles. The highest BCUT2D eigenvalue weighted by molar-refractivity contribution is 7.10. The van der Waals surface area contributed by atoms with Crippen molar-refractivity contribution in [2.24, 2.45) is 0 Å². The van der Waals surface area contributed by atoms with Crippen LogP contribution in [0.15, 0.2) is 11.4 Å². The Bertz CT molecular complexity index is 243. The molecule has 1 aliphatic rings. The molecule has 0 unspecified atom stereocenters. The van der Waals surface area contributed by atoms with Gasteiger partial charge in [0.2, 0.25) is 0 Å². The zero-order chi connectivity index (χ0) is 7.68. The Balaban J connectivity index is 0.000000720. The van der Waals surface area contributed by atoms with E-state index < -0.39 is 0 Å². The molecule has 0 spiro atoms. The Morgan fingerprint density at radius 2 is 2.42 bits per heavy atom. The van der Waals surface area contributed by atoms with E-state index in [-0.39, 0.29) is 12.4 Å². The molecule has 68 valence electrons. The van der Waals surface area contributed by atoms with Gasteiger partial charge in [-0.15, -0.1) is 23.7 Å². The fourth-order valence-corrected chi connectivity index (χ4v) is 2.76. The minimum Gasteiger partial charge on any atom is -0.309 e. The summed E-state index contributed by atoms with van der Waals surface area (Å²) in [6.45, 7) is 1.14. The van der Waals surface area contributed by atoms with Crippen LogP contribution in [0.25, 0.3) is 0 Å². The first-order valence-corrected chi connectivity index (χ1v) is 5.10. The van der Waals surface area contributed by atoms with Crippen molar-refractivity contribution in [2.75, 3.05) is 6.54 Å². The molecule has 1 atom stereocenters. The highest BCUT2D eigenvalue weighted by Gasteiger charge is 2.19. The first kappa shape index (κ1) is 10.3. The van der Waals surface area contributed by atoms with Gasteiger partial charge in [-0.05, 0) is 30.8 Å². The van der Waals surface area contributed by atoms with Crippen LogP contribution in [0.1, 0.15) is 23.8 Å². The SMILES string of the molecule is Cl.Clc1ccsc1[C@H]1CCCN1. The minimum atomic E-state index is 0. The first-order chi connectivity index (χ1) is 5.38. The van der Waals surface area contributed by atoms with Crippen molar-refractivity contribution >= 4 is 35.3 Å². The lowest BCUT2D eigenvalue weighted by Gasteiger charge is -2.06. The fraction of sp³-hybridized carbons (Fsp3) is 0.500. The largest absolute Gasteiger partial charge is 0.309 e. The number of hydrogen-bond donors (Lipinski definition) is 1. The van der Waals surface area contributed by atoms with E-state index in [1.165, 1.54) is 17.7 Å². The molecule has 1 fully saturated rings. The Morgan fingerprint density at radius 3 is 2.92 bits per heavy atom. The predicted octanol–water partition coefficient (Wildman–Crippen LogP) is 3.25. The summed E-state index contributed by atoms with van der Waals surface area (Å²) in [6.07, 6.45) is 2.51. The van der Waals surface area contributed by atoms with Gasteiger partial charge in [0.1, 0.15) is 0 Å². The van der Waals surface area contributed by atoms with Gasteiger partial charge < -0.3 is 5.32 Å². The van der Waals surface area contributed by atoms with Gasteiger partial charge in [0.05, 0.1) is 5.02 Å². The topological polar surface area (TPSA) is 12.0 Å². The zero-order valence-electron chi connectivity index (χ0n) is 6.55. The second-order valence-electron chi connectivity index (χ2n) is 2.78. The van der Waals surface area contributed by atoms with Crippen LogP contribution in [0.5, 0.6) is 0 Å². The summed E-state index contributed by atoms with van der Waals surface area (Å²) in [7, 11) is 0. The molecular weight excluding hydrogens is 213 g/mol. The van der Waals surface area contributed by atoms with Gasteiger partial charge in [-0.1, -0.05) is 11.6 Å². The highest BCUT2D eigenvalue weighted by atomic mass is 35.5. The van der Waals surface area contributed by atoms with Crippen LogP contribution in [-0.2, 0) is 0 Å². The third kappa shape index (κ3) is 1.94. The maximum atomic E-state index is 5.99. The van der Waals surface area contributed by atoms with Gasteiger partial charge in [0, 0.05) is 10.9 Å². The van der Waals surface area contributed by atoms with Gasteiger partial charge in [0.25, 0.3) is 0 Å². The molecule has 1 nitrogen and oxygen atoms in total. The number of nitrogens with one attached hydrogen (secondary N) is 1. The Labute approximate surface area is 87.5 Å². The summed E-state index contributed by atoms with van der Waals surface area (Å²) in [4.78, 5) is 1.31. The third-order valence-electron chi connectivity index (χ3n) is 2.02. The average Bonchev–Trinajstić information content (AvgIpc) is 2.55. The van der Waals surface area contributed by atoms with Crippen LogP contribution in [-0.4, -0.2) is 6.54 Å². The summed E-state index contributed by atoms with van der Waals surface area (Å²) >= 11 is 7.74. The average molecular weight is 224 g/mol. The third-order valence-corrected chi connectivity index (χ3v) is 3.49. The smallest absolute Gasteiger partial charge is 0.0561 e. The normalized spacial score (nSPS) is 22.2. The van der Waals surface area contributed by atoms with Crippen molar-refractivity contribution in [3.63, 3.8) is 0 Å². The van der Waals surface area contributed by atoms with Crippen LogP contribution >= 0.6 is 35.3 Å². The van der Waals surface area contributed by atoms with E-state index >= 15 is 0 Å². The molecule has 1 aliphatic heterocycles. The zero-order valence-corrected chi connectivity index (χ0v) is 8.94. The summed E-state index contributed by atoms with van der Waals surface area (Å²) in [6, 6.07) is 2.50. The van der Waals surface area contributed by atoms with Gasteiger partial charge in [-0.3, -0.25) is 0 Å². The molecule has 0 saturated carbocycles. The molecule has 0 aliphatic carbocycles. The number of thiophene rings is 1. The molecule has 1 N–H and O–H groups in total. The van der Waals surface area contributed by atoms with E-state index in [1.54, 1.807) is 11.3 Å². The van der Waals surface area contributed by atoms with Crippen molar-refractivity contribution in [1.29, 1.82) is 0 Å². The number of hydrogen-bond acceptors (Lipinski definition) is 2. The molecular formula is C8H11Cl2NS. The van der Waals surface area contributed by atoms with Crippen molar-refractivity contribution in [3.8, 4) is 0 Å². The Hall–Kier alpha value is 0.240. The van der Waals surface area contributed by atoms with Crippen molar-refractivity contribution in [1.82, 2.24) is 5.32 Å². The van der Waals surface area contributed by atoms with Gasteiger partial charge in [-0.2, -0.15) is 0 Å². The predicted molar refractivity (Wildman–Crippen MR) is 56.6 cm³/mol. The molecule has 0 aromatic carbocycles. The molecule has 1 saturated heterocycles. The molecule has 2 rings (SSSR count). The molecule has 0 amide bonds. The highest BCUT2D eigenvalue weighted by Crippen LogP contribution is 2.33. The molecule has 2 heterocycles. The van der Waals surface area contributed by atoms with Crippen molar-refractivity contribution < 1.29 is 0 Å².